The summed E-state index contributed by atoms with van der Waals surface area (Å²) in [5, 5.41) is 11.0. The molecule has 0 fully saturated rings. The molecule has 0 saturated heterocycles. The Morgan fingerprint density at radius 3 is 2.76 bits per heavy atom. The van der Waals surface area contributed by atoms with Gasteiger partial charge in [-0.3, -0.25) is 9.48 Å². The van der Waals surface area contributed by atoms with Crippen LogP contribution >= 0.6 is 0 Å². The van der Waals surface area contributed by atoms with E-state index in [1.165, 1.54) is 0 Å². The molecule has 0 radical (unpaired) electrons. The highest BCUT2D eigenvalue weighted by Crippen LogP contribution is 2.03. The smallest absolute Gasteiger partial charge is 0.271 e. The van der Waals surface area contributed by atoms with E-state index in [4.69, 9.17) is 0 Å². The molecule has 2 heterocycles. The van der Waals surface area contributed by atoms with Gasteiger partial charge in [0.15, 0.2) is 0 Å². The predicted octanol–water partition coefficient (Wildman–Crippen LogP) is 0.562. The summed E-state index contributed by atoms with van der Waals surface area (Å²) >= 11 is 0. The molecule has 2 aromatic heterocycles. The van der Waals surface area contributed by atoms with Crippen molar-refractivity contribution < 1.29 is 4.79 Å². The number of aromatic nitrogens is 4. The minimum atomic E-state index is -0.183. The van der Waals surface area contributed by atoms with Crippen LogP contribution in [0.5, 0.6) is 0 Å². The Kier molecular flexibility index (Phi) is 2.95. The summed E-state index contributed by atoms with van der Waals surface area (Å²) in [4.78, 5) is 11.3. The van der Waals surface area contributed by atoms with Crippen LogP contribution < -0.4 is 5.32 Å². The van der Waals surface area contributed by atoms with Crippen molar-refractivity contribution in [3.63, 3.8) is 0 Å². The Morgan fingerprint density at radius 2 is 2.18 bits per heavy atom. The minimum absolute atomic E-state index is 0.183. The van der Waals surface area contributed by atoms with Crippen molar-refractivity contribution in [2.24, 2.45) is 0 Å². The van der Waals surface area contributed by atoms with Gasteiger partial charge in [-0.1, -0.05) is 0 Å². The highest BCUT2D eigenvalue weighted by Gasteiger charge is 2.08. The fraction of sp³-hybridized carbons (Fsp3) is 0.364. The first kappa shape index (κ1) is 11.4. The van der Waals surface area contributed by atoms with Crippen molar-refractivity contribution >= 4 is 5.91 Å². The second kappa shape index (κ2) is 4.40. The molecule has 0 atom stereocenters. The maximum atomic E-state index is 11.3. The van der Waals surface area contributed by atoms with Gasteiger partial charge in [0.2, 0.25) is 0 Å². The maximum Gasteiger partial charge on any atom is 0.271 e. The average Bonchev–Trinajstić information content (AvgIpc) is 2.86. The van der Waals surface area contributed by atoms with Crippen molar-refractivity contribution in [2.45, 2.75) is 20.5 Å². The van der Waals surface area contributed by atoms with Crippen molar-refractivity contribution in [1.82, 2.24) is 24.9 Å². The van der Waals surface area contributed by atoms with Gasteiger partial charge < -0.3 is 5.32 Å². The third-order valence-electron chi connectivity index (χ3n) is 2.48. The summed E-state index contributed by atoms with van der Waals surface area (Å²) in [5.74, 6) is -0.183. The van der Waals surface area contributed by atoms with Crippen molar-refractivity contribution in [3.05, 3.63) is 35.4 Å². The van der Waals surface area contributed by atoms with Gasteiger partial charge in [-0.15, -0.1) is 0 Å². The van der Waals surface area contributed by atoms with Gasteiger partial charge in [-0.2, -0.15) is 10.2 Å². The first-order valence-corrected chi connectivity index (χ1v) is 5.36. The van der Waals surface area contributed by atoms with E-state index in [0.717, 1.165) is 11.4 Å². The third kappa shape index (κ3) is 2.35. The van der Waals surface area contributed by atoms with Crippen LogP contribution in [0.2, 0.25) is 0 Å². The fourth-order valence-electron chi connectivity index (χ4n) is 1.64. The SMILES string of the molecule is CNC(=O)c1ccn(Cn2nc(C)cc2C)n1. The van der Waals surface area contributed by atoms with Crippen LogP contribution in [-0.2, 0) is 6.67 Å². The van der Waals surface area contributed by atoms with E-state index < -0.39 is 0 Å². The zero-order valence-corrected chi connectivity index (χ0v) is 10.1. The van der Waals surface area contributed by atoms with Crippen LogP contribution in [0.15, 0.2) is 18.3 Å². The zero-order valence-electron chi connectivity index (χ0n) is 10.1. The van der Waals surface area contributed by atoms with E-state index in [2.05, 4.69) is 15.5 Å². The lowest BCUT2D eigenvalue weighted by Crippen LogP contribution is -2.19. The van der Waals surface area contributed by atoms with Crippen LogP contribution in [0.3, 0.4) is 0 Å². The summed E-state index contributed by atoms with van der Waals surface area (Å²) in [6, 6.07) is 3.69. The topological polar surface area (TPSA) is 64.7 Å². The number of nitrogens with one attached hydrogen (secondary N) is 1. The van der Waals surface area contributed by atoms with Gasteiger partial charge in [-0.05, 0) is 26.0 Å². The van der Waals surface area contributed by atoms with E-state index in [0.29, 0.717) is 12.4 Å². The number of aryl methyl sites for hydroxylation is 2. The predicted molar refractivity (Wildman–Crippen MR) is 62.7 cm³/mol. The highest BCUT2D eigenvalue weighted by molar-refractivity contribution is 5.91. The molecule has 0 aliphatic rings. The molecule has 1 amide bonds. The van der Waals surface area contributed by atoms with E-state index in [9.17, 15) is 4.79 Å². The summed E-state index contributed by atoms with van der Waals surface area (Å²) in [6.45, 7) is 4.45. The van der Waals surface area contributed by atoms with Crippen LogP contribution in [0, 0.1) is 13.8 Å². The molecule has 2 aromatic rings. The van der Waals surface area contributed by atoms with Crippen molar-refractivity contribution in [3.8, 4) is 0 Å². The summed E-state index contributed by atoms with van der Waals surface area (Å²) in [7, 11) is 1.59. The lowest BCUT2D eigenvalue weighted by molar-refractivity contribution is 0.0957. The van der Waals surface area contributed by atoms with Gasteiger partial charge in [0.05, 0.1) is 5.69 Å². The van der Waals surface area contributed by atoms with Crippen LogP contribution in [0.4, 0.5) is 0 Å². The molecular formula is C11H15N5O. The largest absolute Gasteiger partial charge is 0.354 e. The summed E-state index contributed by atoms with van der Waals surface area (Å²) in [5.41, 5.74) is 2.45. The number of hydrogen-bond acceptors (Lipinski definition) is 3. The number of carbonyl (C=O) groups is 1. The Labute approximate surface area is 99.2 Å². The molecular weight excluding hydrogens is 218 g/mol. The molecule has 0 aliphatic heterocycles. The van der Waals surface area contributed by atoms with Gasteiger partial charge in [0.1, 0.15) is 12.4 Å². The lowest BCUT2D eigenvalue weighted by atomic mass is 10.4. The molecule has 2 rings (SSSR count). The van der Waals surface area contributed by atoms with Gasteiger partial charge in [0, 0.05) is 18.9 Å². The number of nitrogens with zero attached hydrogens (tertiary/aromatic N) is 4. The monoisotopic (exact) mass is 233 g/mol. The molecule has 6 heteroatoms. The second-order valence-electron chi connectivity index (χ2n) is 3.89. The summed E-state index contributed by atoms with van der Waals surface area (Å²) in [6.07, 6.45) is 1.76. The normalized spacial score (nSPS) is 10.5. The van der Waals surface area contributed by atoms with Crippen LogP contribution in [-0.4, -0.2) is 32.5 Å². The molecule has 0 spiro atoms. The molecule has 90 valence electrons. The number of hydrogen-bond donors (Lipinski definition) is 1. The second-order valence-corrected chi connectivity index (χ2v) is 3.89. The first-order valence-electron chi connectivity index (χ1n) is 5.36. The van der Waals surface area contributed by atoms with Gasteiger partial charge in [0.25, 0.3) is 5.91 Å². The molecule has 0 aromatic carbocycles. The molecule has 17 heavy (non-hydrogen) atoms. The lowest BCUT2D eigenvalue weighted by Gasteiger charge is -2.04. The third-order valence-corrected chi connectivity index (χ3v) is 2.48. The maximum absolute atomic E-state index is 11.3. The van der Waals surface area contributed by atoms with Crippen LogP contribution in [0.25, 0.3) is 0 Å². The quantitative estimate of drug-likeness (QED) is 0.842. The Bertz CT molecular complexity index is 540. The average molecular weight is 233 g/mol. The standard InChI is InChI=1S/C11H15N5O/c1-8-6-9(2)16(13-8)7-15-5-4-10(14-15)11(17)12-3/h4-6H,7H2,1-3H3,(H,12,17). The number of amides is 1. The molecule has 0 bridgehead atoms. The van der Waals surface area contributed by atoms with Crippen LogP contribution in [0.1, 0.15) is 21.9 Å². The fourth-order valence-corrected chi connectivity index (χ4v) is 1.64. The Balaban J connectivity index is 2.17. The highest BCUT2D eigenvalue weighted by atomic mass is 16.1. The molecule has 0 saturated carbocycles. The van der Waals surface area contributed by atoms with Gasteiger partial charge in [-0.25, -0.2) is 4.68 Å². The zero-order chi connectivity index (χ0) is 12.4. The van der Waals surface area contributed by atoms with Gasteiger partial charge >= 0.3 is 0 Å². The molecule has 0 unspecified atom stereocenters. The Morgan fingerprint density at radius 1 is 1.41 bits per heavy atom. The Hall–Kier alpha value is -2.11. The molecule has 1 N–H and O–H groups in total. The van der Waals surface area contributed by atoms with E-state index >= 15 is 0 Å². The molecule has 6 nitrogen and oxygen atoms in total. The van der Waals surface area contributed by atoms with E-state index in [-0.39, 0.29) is 5.91 Å². The van der Waals surface area contributed by atoms with Crippen molar-refractivity contribution in [2.75, 3.05) is 7.05 Å². The first-order chi connectivity index (χ1) is 8.10. The molecule has 0 aliphatic carbocycles. The number of carbonyl (C=O) groups excluding carboxylic acids is 1. The van der Waals surface area contributed by atoms with E-state index in [1.807, 2.05) is 24.6 Å². The summed E-state index contributed by atoms with van der Waals surface area (Å²) < 4.78 is 3.53. The number of rotatable bonds is 3. The van der Waals surface area contributed by atoms with Crippen molar-refractivity contribution in [1.29, 1.82) is 0 Å². The van der Waals surface area contributed by atoms with E-state index in [1.54, 1.807) is 24.0 Å². The minimum Gasteiger partial charge on any atom is -0.354 e.